The normalized spacial score (nSPS) is 15.7. The van der Waals surface area contributed by atoms with E-state index in [2.05, 4.69) is 10.1 Å². The van der Waals surface area contributed by atoms with E-state index in [0.717, 1.165) is 0 Å². The summed E-state index contributed by atoms with van der Waals surface area (Å²) < 4.78 is 41.0. The third-order valence-electron chi connectivity index (χ3n) is 4.73. The molecule has 0 unspecified atom stereocenters. The molecule has 1 aromatic heterocycles. The molecule has 0 spiro atoms. The number of nitrogens with zero attached hydrogens (tertiary/aromatic N) is 1. The van der Waals surface area contributed by atoms with Crippen LogP contribution in [-0.4, -0.2) is 24.0 Å². The zero-order chi connectivity index (χ0) is 21.1. The highest BCUT2D eigenvalue weighted by molar-refractivity contribution is 6.01. The topological polar surface area (TPSA) is 63.9 Å². The molecule has 3 aromatic rings. The van der Waals surface area contributed by atoms with Gasteiger partial charge in [-0.2, -0.15) is 8.78 Å². The van der Waals surface area contributed by atoms with Crippen LogP contribution in [-0.2, 0) is 6.54 Å². The Morgan fingerprint density at radius 2 is 1.97 bits per heavy atom. The molecule has 30 heavy (non-hydrogen) atoms. The van der Waals surface area contributed by atoms with Gasteiger partial charge in [-0.25, -0.2) is 0 Å². The van der Waals surface area contributed by atoms with E-state index < -0.39 is 12.8 Å². The van der Waals surface area contributed by atoms with E-state index in [1.165, 1.54) is 6.07 Å². The summed E-state index contributed by atoms with van der Waals surface area (Å²) in [5, 5.41) is 3.35. The lowest BCUT2D eigenvalue weighted by Crippen LogP contribution is -2.42. The maximum atomic E-state index is 13.2. The van der Waals surface area contributed by atoms with Crippen molar-refractivity contribution in [1.82, 2.24) is 4.90 Å². The number of hydrogen-bond donors (Lipinski definition) is 1. The predicted octanol–water partition coefficient (Wildman–Crippen LogP) is 5.05. The van der Waals surface area contributed by atoms with Gasteiger partial charge in [-0.15, -0.1) is 0 Å². The predicted molar refractivity (Wildman–Crippen MR) is 106 cm³/mol. The molecular formula is C22H20F2N2O4. The van der Waals surface area contributed by atoms with Crippen molar-refractivity contribution >= 4 is 11.6 Å². The van der Waals surface area contributed by atoms with Crippen LogP contribution in [0.1, 0.15) is 34.8 Å². The van der Waals surface area contributed by atoms with Crippen LogP contribution in [0.3, 0.4) is 0 Å². The van der Waals surface area contributed by atoms with Gasteiger partial charge in [0.1, 0.15) is 11.9 Å². The Morgan fingerprint density at radius 1 is 1.13 bits per heavy atom. The molecular weight excluding hydrogens is 394 g/mol. The molecule has 156 valence electrons. The Labute approximate surface area is 172 Å². The summed E-state index contributed by atoms with van der Waals surface area (Å²) in [6, 6.07) is 15.4. The summed E-state index contributed by atoms with van der Waals surface area (Å²) in [6.45, 7) is -0.705. The number of nitrogens with one attached hydrogen (secondary N) is 1. The third kappa shape index (κ3) is 3.94. The van der Waals surface area contributed by atoms with Crippen LogP contribution in [0.25, 0.3) is 0 Å². The number of benzene rings is 2. The van der Waals surface area contributed by atoms with Gasteiger partial charge >= 0.3 is 6.61 Å². The Hall–Kier alpha value is -3.55. The molecule has 8 heteroatoms. The molecule has 0 saturated heterocycles. The highest BCUT2D eigenvalue weighted by atomic mass is 19.3. The van der Waals surface area contributed by atoms with E-state index >= 15 is 0 Å². The molecule has 1 amide bonds. The number of fused-ring (bicyclic) bond motifs is 1. The number of para-hydroxylation sites is 1. The molecule has 2 heterocycles. The average Bonchev–Trinajstić information content (AvgIpc) is 3.24. The van der Waals surface area contributed by atoms with Gasteiger partial charge in [-0.05, 0) is 48.9 Å². The number of alkyl halides is 2. The Bertz CT molecular complexity index is 1020. The van der Waals surface area contributed by atoms with Crippen molar-refractivity contribution in [2.75, 3.05) is 11.9 Å². The molecule has 0 fully saturated rings. The standard InChI is InChI=1S/C22H20F2N2O4/c1-2-28-19-12-14(9-10-18(19)30-22(23)24)20-25-17-8-4-3-7-16(17)21(27)26(20)13-15-6-5-11-29-15/h3-12,20,22,25H,2,13H2,1H3/t20-/m0/s1. The minimum absolute atomic E-state index is 0.0595. The molecule has 1 aliphatic heterocycles. The Balaban J connectivity index is 1.74. The van der Waals surface area contributed by atoms with Gasteiger partial charge in [0.15, 0.2) is 11.5 Å². The van der Waals surface area contributed by atoms with Crippen molar-refractivity contribution in [2.45, 2.75) is 26.2 Å². The van der Waals surface area contributed by atoms with E-state index in [9.17, 15) is 13.6 Å². The number of carbonyl (C=O) groups is 1. The number of rotatable bonds is 7. The molecule has 6 nitrogen and oxygen atoms in total. The van der Waals surface area contributed by atoms with Crippen LogP contribution >= 0.6 is 0 Å². The van der Waals surface area contributed by atoms with Crippen LogP contribution in [0.15, 0.2) is 65.3 Å². The number of amides is 1. The monoisotopic (exact) mass is 414 g/mol. The van der Waals surface area contributed by atoms with Crippen LogP contribution in [0, 0.1) is 0 Å². The number of furan rings is 1. The summed E-state index contributed by atoms with van der Waals surface area (Å²) in [4.78, 5) is 14.9. The maximum Gasteiger partial charge on any atom is 0.387 e. The van der Waals surface area contributed by atoms with Gasteiger partial charge in [0.25, 0.3) is 5.91 Å². The zero-order valence-electron chi connectivity index (χ0n) is 16.2. The molecule has 0 saturated carbocycles. The minimum Gasteiger partial charge on any atom is -0.490 e. The molecule has 2 aromatic carbocycles. The van der Waals surface area contributed by atoms with Gasteiger partial charge in [-0.3, -0.25) is 4.79 Å². The summed E-state index contributed by atoms with van der Waals surface area (Å²) in [7, 11) is 0. The van der Waals surface area contributed by atoms with E-state index in [0.29, 0.717) is 22.6 Å². The Kier molecular flexibility index (Phi) is 5.56. The first kappa shape index (κ1) is 19.8. The number of carbonyl (C=O) groups excluding carboxylic acids is 1. The Morgan fingerprint density at radius 3 is 2.70 bits per heavy atom. The van der Waals surface area contributed by atoms with Crippen molar-refractivity contribution in [3.05, 3.63) is 77.7 Å². The first-order chi connectivity index (χ1) is 14.6. The fourth-order valence-corrected chi connectivity index (χ4v) is 3.45. The van der Waals surface area contributed by atoms with Crippen molar-refractivity contribution in [2.24, 2.45) is 0 Å². The van der Waals surface area contributed by atoms with Gasteiger partial charge in [0.2, 0.25) is 0 Å². The van der Waals surface area contributed by atoms with E-state index in [1.54, 1.807) is 54.5 Å². The minimum atomic E-state index is -2.97. The van der Waals surface area contributed by atoms with Crippen molar-refractivity contribution in [3.63, 3.8) is 0 Å². The summed E-state index contributed by atoms with van der Waals surface area (Å²) in [5.41, 5.74) is 1.89. The zero-order valence-corrected chi connectivity index (χ0v) is 16.2. The van der Waals surface area contributed by atoms with Gasteiger partial charge in [0, 0.05) is 5.69 Å². The molecule has 1 atom stereocenters. The van der Waals surface area contributed by atoms with E-state index in [-0.39, 0.29) is 30.6 Å². The number of hydrogen-bond acceptors (Lipinski definition) is 5. The SMILES string of the molecule is CCOc1cc([C@H]2Nc3ccccc3C(=O)N2Cc2ccco2)ccc1OC(F)F. The van der Waals surface area contributed by atoms with E-state index in [4.69, 9.17) is 9.15 Å². The maximum absolute atomic E-state index is 13.2. The van der Waals surface area contributed by atoms with E-state index in [1.807, 2.05) is 12.1 Å². The van der Waals surface area contributed by atoms with Crippen LogP contribution < -0.4 is 14.8 Å². The highest BCUT2D eigenvalue weighted by Crippen LogP contribution is 2.38. The molecule has 0 bridgehead atoms. The highest BCUT2D eigenvalue weighted by Gasteiger charge is 2.34. The third-order valence-corrected chi connectivity index (χ3v) is 4.73. The van der Waals surface area contributed by atoms with Crippen molar-refractivity contribution in [1.29, 1.82) is 0 Å². The fourth-order valence-electron chi connectivity index (χ4n) is 3.45. The van der Waals surface area contributed by atoms with Gasteiger partial charge in [0.05, 0.1) is 25.0 Å². The first-order valence-electron chi connectivity index (χ1n) is 9.47. The summed E-state index contributed by atoms with van der Waals surface area (Å²) >= 11 is 0. The quantitative estimate of drug-likeness (QED) is 0.586. The lowest BCUT2D eigenvalue weighted by molar-refractivity contribution is -0.0514. The lowest BCUT2D eigenvalue weighted by Gasteiger charge is -2.38. The molecule has 1 N–H and O–H groups in total. The van der Waals surface area contributed by atoms with Gasteiger partial charge in [-0.1, -0.05) is 18.2 Å². The number of halogens is 2. The molecule has 0 radical (unpaired) electrons. The number of anilines is 1. The summed E-state index contributed by atoms with van der Waals surface area (Å²) in [5.74, 6) is 0.575. The van der Waals surface area contributed by atoms with Crippen molar-refractivity contribution in [3.8, 4) is 11.5 Å². The van der Waals surface area contributed by atoms with Crippen LogP contribution in [0.2, 0.25) is 0 Å². The van der Waals surface area contributed by atoms with Crippen molar-refractivity contribution < 1.29 is 27.5 Å². The second-order valence-electron chi connectivity index (χ2n) is 6.62. The molecule has 0 aliphatic carbocycles. The number of ether oxygens (including phenoxy) is 2. The second-order valence-corrected chi connectivity index (χ2v) is 6.62. The summed E-state index contributed by atoms with van der Waals surface area (Å²) in [6.07, 6.45) is 0.987. The van der Waals surface area contributed by atoms with Crippen LogP contribution in [0.5, 0.6) is 11.5 Å². The average molecular weight is 414 g/mol. The lowest BCUT2D eigenvalue weighted by atomic mass is 10.0. The first-order valence-corrected chi connectivity index (χ1v) is 9.47. The largest absolute Gasteiger partial charge is 0.490 e. The smallest absolute Gasteiger partial charge is 0.387 e. The van der Waals surface area contributed by atoms with Crippen LogP contribution in [0.4, 0.5) is 14.5 Å². The molecule has 4 rings (SSSR count). The second kappa shape index (κ2) is 8.44. The fraction of sp³-hybridized carbons (Fsp3) is 0.227. The van der Waals surface area contributed by atoms with Gasteiger partial charge < -0.3 is 24.1 Å². The molecule has 1 aliphatic rings.